The zero-order valence-electron chi connectivity index (χ0n) is 12.7. The second kappa shape index (κ2) is 7.26. The molecule has 1 atom stereocenters. The summed E-state index contributed by atoms with van der Waals surface area (Å²) in [5, 5.41) is 0.207. The predicted molar refractivity (Wildman–Crippen MR) is 77.0 cm³/mol. The van der Waals surface area contributed by atoms with Crippen molar-refractivity contribution >= 4 is 14.3 Å². The number of nitrogens with two attached hydrogens (primary N) is 1. The summed E-state index contributed by atoms with van der Waals surface area (Å²) in [4.78, 5) is 11.2. The summed E-state index contributed by atoms with van der Waals surface area (Å²) in [6, 6.07) is -0.172. The first kappa shape index (κ1) is 17.6. The van der Waals surface area contributed by atoms with Crippen molar-refractivity contribution in [2.24, 2.45) is 5.73 Å². The van der Waals surface area contributed by atoms with E-state index in [0.717, 1.165) is 0 Å². The number of rotatable bonds is 7. The summed E-state index contributed by atoms with van der Waals surface area (Å²) in [6.07, 6.45) is 0.972. The second-order valence-electron chi connectivity index (χ2n) is 6.17. The van der Waals surface area contributed by atoms with Crippen LogP contribution in [0, 0.1) is 0 Å². The zero-order valence-corrected chi connectivity index (χ0v) is 13.7. The monoisotopic (exact) mass is 275 g/mol. The molecule has 0 aromatic heterocycles. The topological polar surface area (TPSA) is 61.5 Å². The Morgan fingerprint density at radius 2 is 1.89 bits per heavy atom. The van der Waals surface area contributed by atoms with E-state index in [1.54, 1.807) is 6.92 Å². The predicted octanol–water partition coefficient (Wildman–Crippen LogP) is 2.68. The van der Waals surface area contributed by atoms with Gasteiger partial charge in [-0.05, 0) is 31.5 Å². The van der Waals surface area contributed by atoms with Crippen LogP contribution in [0.4, 0.5) is 0 Å². The molecule has 0 rings (SSSR count). The summed E-state index contributed by atoms with van der Waals surface area (Å²) in [6.45, 7) is 13.9. The van der Waals surface area contributed by atoms with Gasteiger partial charge < -0.3 is 14.9 Å². The van der Waals surface area contributed by atoms with Gasteiger partial charge in [-0.2, -0.15) is 0 Å². The fourth-order valence-corrected chi connectivity index (χ4v) is 2.28. The van der Waals surface area contributed by atoms with E-state index in [1.165, 1.54) is 0 Å². The van der Waals surface area contributed by atoms with Crippen LogP contribution in [0.25, 0.3) is 0 Å². The lowest BCUT2D eigenvalue weighted by Crippen LogP contribution is -2.41. The van der Waals surface area contributed by atoms with E-state index < -0.39 is 8.32 Å². The molecule has 0 unspecified atom stereocenters. The maximum atomic E-state index is 11.2. The SMILES string of the molecule is CCOC(=O)C[C@@H](N)CCO[Si](C)(C)C(C)(C)C. The molecular formula is C13H29NO3Si. The molecule has 5 heteroatoms. The molecule has 18 heavy (non-hydrogen) atoms. The molecule has 0 aliphatic carbocycles. The molecule has 0 heterocycles. The second-order valence-corrected chi connectivity index (χ2v) is 11.0. The molecule has 0 bridgehead atoms. The number of esters is 1. The van der Waals surface area contributed by atoms with Gasteiger partial charge in [-0.1, -0.05) is 20.8 Å². The Labute approximate surface area is 112 Å². The minimum atomic E-state index is -1.70. The maximum Gasteiger partial charge on any atom is 0.307 e. The van der Waals surface area contributed by atoms with Gasteiger partial charge >= 0.3 is 5.97 Å². The van der Waals surface area contributed by atoms with E-state index in [-0.39, 0.29) is 23.5 Å². The summed E-state index contributed by atoms with van der Waals surface area (Å²) in [5.74, 6) is -0.225. The fraction of sp³-hybridized carbons (Fsp3) is 0.923. The highest BCUT2D eigenvalue weighted by molar-refractivity contribution is 6.74. The summed E-state index contributed by atoms with van der Waals surface area (Å²) < 4.78 is 10.9. The Kier molecular flexibility index (Phi) is 7.10. The van der Waals surface area contributed by atoms with E-state index in [0.29, 0.717) is 19.6 Å². The lowest BCUT2D eigenvalue weighted by Gasteiger charge is -2.36. The molecular weight excluding hydrogens is 246 g/mol. The Bertz CT molecular complexity index is 261. The lowest BCUT2D eigenvalue weighted by atomic mass is 10.2. The molecule has 4 nitrogen and oxygen atoms in total. The van der Waals surface area contributed by atoms with Crippen LogP contribution in [0.5, 0.6) is 0 Å². The Hall–Kier alpha value is -0.393. The summed E-state index contributed by atoms with van der Waals surface area (Å²) in [7, 11) is -1.70. The highest BCUT2D eigenvalue weighted by Gasteiger charge is 2.36. The van der Waals surface area contributed by atoms with E-state index in [2.05, 4.69) is 33.9 Å². The molecule has 0 amide bonds. The van der Waals surface area contributed by atoms with Crippen LogP contribution in [0.2, 0.25) is 18.1 Å². The summed E-state index contributed by atoms with van der Waals surface area (Å²) in [5.41, 5.74) is 5.88. The van der Waals surface area contributed by atoms with Crippen LogP contribution < -0.4 is 5.73 Å². The Balaban J connectivity index is 3.94. The lowest BCUT2D eigenvalue weighted by molar-refractivity contribution is -0.143. The normalized spacial score (nSPS) is 14.4. The molecule has 0 aromatic carbocycles. The largest absolute Gasteiger partial charge is 0.466 e. The maximum absolute atomic E-state index is 11.2. The molecule has 0 aliphatic heterocycles. The van der Waals surface area contributed by atoms with Crippen LogP contribution >= 0.6 is 0 Å². The van der Waals surface area contributed by atoms with Gasteiger partial charge in [0.05, 0.1) is 13.0 Å². The van der Waals surface area contributed by atoms with Crippen LogP contribution in [0.3, 0.4) is 0 Å². The van der Waals surface area contributed by atoms with Crippen LogP contribution in [0.15, 0.2) is 0 Å². The average Bonchev–Trinajstić information content (AvgIpc) is 2.15. The first-order valence-electron chi connectivity index (χ1n) is 6.65. The number of ether oxygens (including phenoxy) is 1. The van der Waals surface area contributed by atoms with Gasteiger partial charge in [0.15, 0.2) is 8.32 Å². The molecule has 2 N–H and O–H groups in total. The summed E-state index contributed by atoms with van der Waals surface area (Å²) >= 11 is 0. The fourth-order valence-electron chi connectivity index (χ4n) is 1.22. The van der Waals surface area contributed by atoms with Gasteiger partial charge in [0.2, 0.25) is 0 Å². The number of hydrogen-bond acceptors (Lipinski definition) is 4. The molecule has 0 aliphatic rings. The van der Waals surface area contributed by atoms with Crippen molar-refractivity contribution in [3.05, 3.63) is 0 Å². The van der Waals surface area contributed by atoms with Crippen molar-refractivity contribution in [2.45, 2.75) is 64.7 Å². The van der Waals surface area contributed by atoms with Crippen molar-refractivity contribution in [2.75, 3.05) is 13.2 Å². The van der Waals surface area contributed by atoms with E-state index in [4.69, 9.17) is 14.9 Å². The van der Waals surface area contributed by atoms with Crippen molar-refractivity contribution in [1.82, 2.24) is 0 Å². The van der Waals surface area contributed by atoms with Gasteiger partial charge in [0, 0.05) is 12.6 Å². The highest BCUT2D eigenvalue weighted by atomic mass is 28.4. The van der Waals surface area contributed by atoms with Crippen molar-refractivity contribution < 1.29 is 14.0 Å². The third-order valence-corrected chi connectivity index (χ3v) is 8.03. The smallest absolute Gasteiger partial charge is 0.307 e. The highest BCUT2D eigenvalue weighted by Crippen LogP contribution is 2.36. The number of hydrogen-bond donors (Lipinski definition) is 1. The zero-order chi connectivity index (χ0) is 14.4. The number of carbonyl (C=O) groups is 1. The Morgan fingerprint density at radius 1 is 1.33 bits per heavy atom. The molecule has 0 spiro atoms. The quantitative estimate of drug-likeness (QED) is 0.573. The number of carbonyl (C=O) groups excluding carboxylic acids is 1. The first-order chi connectivity index (χ1) is 8.10. The van der Waals surface area contributed by atoms with Gasteiger partial charge in [-0.25, -0.2) is 0 Å². The van der Waals surface area contributed by atoms with Crippen molar-refractivity contribution in [1.29, 1.82) is 0 Å². The Morgan fingerprint density at radius 3 is 2.33 bits per heavy atom. The van der Waals surface area contributed by atoms with Crippen molar-refractivity contribution in [3.8, 4) is 0 Å². The standard InChI is InChI=1S/C13H29NO3Si/c1-7-16-12(15)10-11(14)8-9-17-18(5,6)13(2,3)4/h11H,7-10,14H2,1-6H3/t11-/m0/s1. The van der Waals surface area contributed by atoms with E-state index in [1.807, 2.05) is 0 Å². The van der Waals surface area contributed by atoms with E-state index in [9.17, 15) is 4.79 Å². The van der Waals surface area contributed by atoms with E-state index >= 15 is 0 Å². The van der Waals surface area contributed by atoms with Gasteiger partial charge in [-0.3, -0.25) is 4.79 Å². The van der Waals surface area contributed by atoms with Crippen LogP contribution in [0.1, 0.15) is 40.5 Å². The minimum absolute atomic E-state index is 0.172. The van der Waals surface area contributed by atoms with Crippen LogP contribution in [-0.2, 0) is 14.0 Å². The molecule has 0 saturated carbocycles. The van der Waals surface area contributed by atoms with Crippen molar-refractivity contribution in [3.63, 3.8) is 0 Å². The molecule has 108 valence electrons. The third kappa shape index (κ3) is 6.52. The molecule has 0 saturated heterocycles. The minimum Gasteiger partial charge on any atom is -0.466 e. The first-order valence-corrected chi connectivity index (χ1v) is 9.56. The van der Waals surface area contributed by atoms with Crippen LogP contribution in [-0.4, -0.2) is 33.5 Å². The van der Waals surface area contributed by atoms with Gasteiger partial charge in [-0.15, -0.1) is 0 Å². The van der Waals surface area contributed by atoms with Gasteiger partial charge in [0.1, 0.15) is 0 Å². The third-order valence-electron chi connectivity index (χ3n) is 3.49. The molecule has 0 fully saturated rings. The molecule has 0 aromatic rings. The molecule has 0 radical (unpaired) electrons. The average molecular weight is 275 g/mol. The van der Waals surface area contributed by atoms with Gasteiger partial charge in [0.25, 0.3) is 0 Å².